The highest BCUT2D eigenvalue weighted by molar-refractivity contribution is 5.80. The molecule has 5 heteroatoms. The molecule has 0 spiro atoms. The average Bonchev–Trinajstić information content (AvgIpc) is 3.09. The van der Waals surface area contributed by atoms with Gasteiger partial charge in [0, 0.05) is 30.6 Å². The minimum atomic E-state index is 0.0667. The van der Waals surface area contributed by atoms with Crippen molar-refractivity contribution in [3.8, 4) is 0 Å². The molecule has 1 aliphatic heterocycles. The molecule has 28 heavy (non-hydrogen) atoms. The maximum atomic E-state index is 13.0. The molecule has 0 aromatic carbocycles. The van der Waals surface area contributed by atoms with Crippen molar-refractivity contribution in [2.45, 2.75) is 108 Å². The fraction of sp³-hybridized carbons (Fsp3) is 0.913. The van der Waals surface area contributed by atoms with Gasteiger partial charge in [-0.1, -0.05) is 19.3 Å². The second kappa shape index (κ2) is 7.53. The van der Waals surface area contributed by atoms with Crippen molar-refractivity contribution in [3.63, 3.8) is 0 Å². The minimum absolute atomic E-state index is 0.0667. The van der Waals surface area contributed by atoms with E-state index in [-0.39, 0.29) is 23.5 Å². The number of hydrogen-bond acceptors (Lipinski definition) is 2. The molecular formula is C23H37N3O2. The molecule has 1 unspecified atom stereocenters. The zero-order valence-electron chi connectivity index (χ0n) is 17.3. The Morgan fingerprint density at radius 1 is 0.857 bits per heavy atom. The van der Waals surface area contributed by atoms with Crippen LogP contribution in [0.15, 0.2) is 0 Å². The molecule has 5 saturated carbocycles. The summed E-state index contributed by atoms with van der Waals surface area (Å²) < 4.78 is 0. The lowest BCUT2D eigenvalue weighted by atomic mass is 9.53. The quantitative estimate of drug-likeness (QED) is 0.767. The van der Waals surface area contributed by atoms with Crippen LogP contribution in [0.3, 0.4) is 0 Å². The van der Waals surface area contributed by atoms with Crippen LogP contribution in [0.1, 0.15) is 89.9 Å². The molecule has 4 bridgehead atoms. The number of nitrogens with zero attached hydrogens (tertiary/aromatic N) is 1. The first kappa shape index (κ1) is 18.7. The van der Waals surface area contributed by atoms with Gasteiger partial charge in [-0.2, -0.15) is 0 Å². The highest BCUT2D eigenvalue weighted by Crippen LogP contribution is 2.55. The Kier molecular flexibility index (Phi) is 5.04. The topological polar surface area (TPSA) is 61.4 Å². The Morgan fingerprint density at radius 2 is 1.50 bits per heavy atom. The Bertz CT molecular complexity index is 578. The summed E-state index contributed by atoms with van der Waals surface area (Å²) >= 11 is 0. The molecule has 3 amide bonds. The van der Waals surface area contributed by atoms with Crippen molar-refractivity contribution in [1.29, 1.82) is 0 Å². The molecule has 1 heterocycles. The molecule has 0 aromatic heterocycles. The Hall–Kier alpha value is -1.26. The summed E-state index contributed by atoms with van der Waals surface area (Å²) in [6.45, 7) is 0.799. The van der Waals surface area contributed by atoms with Crippen LogP contribution in [0.25, 0.3) is 0 Å². The predicted octanol–water partition coefficient (Wildman–Crippen LogP) is 3.97. The van der Waals surface area contributed by atoms with Gasteiger partial charge in [0.15, 0.2) is 0 Å². The summed E-state index contributed by atoms with van der Waals surface area (Å²) in [5.74, 6) is 2.71. The van der Waals surface area contributed by atoms with E-state index in [4.69, 9.17) is 0 Å². The first-order chi connectivity index (χ1) is 13.6. The van der Waals surface area contributed by atoms with E-state index in [0.717, 1.165) is 50.0 Å². The monoisotopic (exact) mass is 387 g/mol. The van der Waals surface area contributed by atoms with E-state index in [2.05, 4.69) is 10.6 Å². The van der Waals surface area contributed by atoms with Crippen LogP contribution in [0, 0.1) is 17.8 Å². The third-order valence-corrected chi connectivity index (χ3v) is 8.43. The van der Waals surface area contributed by atoms with Gasteiger partial charge in [-0.15, -0.1) is 0 Å². The van der Waals surface area contributed by atoms with Gasteiger partial charge in [0.1, 0.15) is 0 Å². The van der Waals surface area contributed by atoms with Crippen molar-refractivity contribution < 1.29 is 9.59 Å². The number of nitrogens with one attached hydrogen (secondary N) is 2. The molecule has 6 aliphatic rings. The summed E-state index contributed by atoms with van der Waals surface area (Å²) in [4.78, 5) is 27.7. The normalized spacial score (nSPS) is 39.9. The Morgan fingerprint density at radius 3 is 2.14 bits per heavy atom. The lowest BCUT2D eigenvalue weighted by Gasteiger charge is -2.57. The highest BCUT2D eigenvalue weighted by Gasteiger charge is 2.51. The second-order valence-electron chi connectivity index (χ2n) is 10.7. The van der Waals surface area contributed by atoms with Gasteiger partial charge in [0.05, 0.1) is 0 Å². The van der Waals surface area contributed by atoms with Crippen LogP contribution in [0.4, 0.5) is 4.79 Å². The number of urea groups is 1. The van der Waals surface area contributed by atoms with Crippen LogP contribution in [-0.4, -0.2) is 41.0 Å². The molecule has 6 fully saturated rings. The van der Waals surface area contributed by atoms with Gasteiger partial charge in [0.25, 0.3) is 0 Å². The van der Waals surface area contributed by atoms with E-state index in [0.29, 0.717) is 12.5 Å². The van der Waals surface area contributed by atoms with Crippen LogP contribution in [0.5, 0.6) is 0 Å². The number of hydrogen-bond donors (Lipinski definition) is 2. The number of likely N-dealkylation sites (tertiary alicyclic amines) is 1. The fourth-order valence-corrected chi connectivity index (χ4v) is 7.64. The summed E-state index contributed by atoms with van der Waals surface area (Å²) in [7, 11) is 0. The fourth-order valence-electron chi connectivity index (χ4n) is 7.64. The first-order valence-electron chi connectivity index (χ1n) is 12.0. The predicted molar refractivity (Wildman–Crippen MR) is 109 cm³/mol. The SMILES string of the molecule is O=C(CC1CCCN1C(=O)NC1CCCCC1)NC12CC3CC(CC(C3)C1)C2. The average molecular weight is 388 g/mol. The van der Waals surface area contributed by atoms with E-state index in [1.165, 1.54) is 57.8 Å². The van der Waals surface area contributed by atoms with E-state index < -0.39 is 0 Å². The van der Waals surface area contributed by atoms with Crippen molar-refractivity contribution in [3.05, 3.63) is 0 Å². The van der Waals surface area contributed by atoms with Gasteiger partial charge in [0.2, 0.25) is 5.91 Å². The molecule has 156 valence electrons. The smallest absolute Gasteiger partial charge is 0.317 e. The molecule has 0 radical (unpaired) electrons. The minimum Gasteiger partial charge on any atom is -0.351 e. The molecule has 0 aromatic rings. The lowest BCUT2D eigenvalue weighted by Crippen LogP contribution is -2.60. The van der Waals surface area contributed by atoms with E-state index in [9.17, 15) is 9.59 Å². The summed E-state index contributed by atoms with van der Waals surface area (Å²) in [5, 5.41) is 6.74. The second-order valence-corrected chi connectivity index (χ2v) is 10.7. The van der Waals surface area contributed by atoms with Crippen molar-refractivity contribution in [2.24, 2.45) is 17.8 Å². The Labute approximate surface area is 169 Å². The van der Waals surface area contributed by atoms with E-state index in [1.807, 2.05) is 4.90 Å². The maximum Gasteiger partial charge on any atom is 0.317 e. The van der Waals surface area contributed by atoms with Crippen LogP contribution < -0.4 is 10.6 Å². The van der Waals surface area contributed by atoms with Gasteiger partial charge >= 0.3 is 6.03 Å². The van der Waals surface area contributed by atoms with Crippen LogP contribution in [0.2, 0.25) is 0 Å². The Balaban J connectivity index is 1.16. The zero-order chi connectivity index (χ0) is 19.1. The molecule has 5 nitrogen and oxygen atoms in total. The summed E-state index contributed by atoms with van der Waals surface area (Å²) in [6.07, 6.45) is 16.2. The zero-order valence-corrected chi connectivity index (χ0v) is 17.3. The lowest BCUT2D eigenvalue weighted by molar-refractivity contribution is -0.127. The van der Waals surface area contributed by atoms with Crippen LogP contribution in [-0.2, 0) is 4.79 Å². The van der Waals surface area contributed by atoms with Crippen molar-refractivity contribution >= 4 is 11.9 Å². The van der Waals surface area contributed by atoms with E-state index in [1.54, 1.807) is 0 Å². The van der Waals surface area contributed by atoms with Gasteiger partial charge in [-0.3, -0.25) is 4.79 Å². The van der Waals surface area contributed by atoms with Crippen molar-refractivity contribution in [1.82, 2.24) is 15.5 Å². The summed E-state index contributed by atoms with van der Waals surface area (Å²) in [6, 6.07) is 0.484. The molecule has 1 saturated heterocycles. The third-order valence-electron chi connectivity index (χ3n) is 8.43. The number of rotatable bonds is 4. The number of amides is 3. The maximum absolute atomic E-state index is 13.0. The third kappa shape index (κ3) is 3.78. The largest absolute Gasteiger partial charge is 0.351 e. The molecular weight excluding hydrogens is 350 g/mol. The number of carbonyl (C=O) groups excluding carboxylic acids is 2. The van der Waals surface area contributed by atoms with Crippen molar-refractivity contribution in [2.75, 3.05) is 6.54 Å². The number of carbonyl (C=O) groups is 2. The van der Waals surface area contributed by atoms with Crippen LogP contribution >= 0.6 is 0 Å². The molecule has 6 rings (SSSR count). The molecule has 1 atom stereocenters. The molecule has 2 N–H and O–H groups in total. The van der Waals surface area contributed by atoms with Gasteiger partial charge in [-0.25, -0.2) is 4.79 Å². The van der Waals surface area contributed by atoms with Gasteiger partial charge in [-0.05, 0) is 82.0 Å². The van der Waals surface area contributed by atoms with E-state index >= 15 is 0 Å². The summed E-state index contributed by atoms with van der Waals surface area (Å²) in [5.41, 5.74) is 0.0830. The first-order valence-corrected chi connectivity index (χ1v) is 12.0. The molecule has 5 aliphatic carbocycles. The standard InChI is InChI=1S/C23H37N3O2/c27-21(25-23-13-16-9-17(14-23)11-18(10-16)15-23)12-20-7-4-8-26(20)22(28)24-19-5-2-1-3-6-19/h16-20H,1-15H2,(H,24,28)(H,25,27). The highest BCUT2D eigenvalue weighted by atomic mass is 16.2. The van der Waals surface area contributed by atoms with Gasteiger partial charge < -0.3 is 15.5 Å².